The number of imide groups is 1. The fourth-order valence-electron chi connectivity index (χ4n) is 2.99. The van der Waals surface area contributed by atoms with Gasteiger partial charge in [-0.1, -0.05) is 12.1 Å². The van der Waals surface area contributed by atoms with Crippen molar-refractivity contribution in [2.45, 2.75) is 20.0 Å². The Morgan fingerprint density at radius 1 is 1.00 bits per heavy atom. The number of fused-ring (bicyclic) bond motifs is 1. The summed E-state index contributed by atoms with van der Waals surface area (Å²) in [5.74, 6) is -1.00. The lowest BCUT2D eigenvalue weighted by Gasteiger charge is -2.14. The van der Waals surface area contributed by atoms with Gasteiger partial charge in [-0.05, 0) is 37.3 Å². The van der Waals surface area contributed by atoms with Crippen LogP contribution >= 0.6 is 0 Å². The molecular formula is C21H19NO6. The van der Waals surface area contributed by atoms with Crippen molar-refractivity contribution < 1.29 is 28.7 Å². The van der Waals surface area contributed by atoms with E-state index in [1.807, 2.05) is 0 Å². The first-order valence-corrected chi connectivity index (χ1v) is 8.71. The summed E-state index contributed by atoms with van der Waals surface area (Å²) < 4.78 is 10.5. The molecule has 1 aliphatic heterocycles. The Bertz CT molecular complexity index is 930. The Hall–Kier alpha value is -3.48. The van der Waals surface area contributed by atoms with E-state index in [0.29, 0.717) is 28.0 Å². The molecule has 0 fully saturated rings. The minimum Gasteiger partial charge on any atom is -0.496 e. The lowest BCUT2D eigenvalue weighted by atomic mass is 10.1. The monoisotopic (exact) mass is 381 g/mol. The Balaban J connectivity index is 1.59. The lowest BCUT2D eigenvalue weighted by molar-refractivity contribution is -0.145. The van der Waals surface area contributed by atoms with Crippen molar-refractivity contribution in [3.05, 3.63) is 64.7 Å². The van der Waals surface area contributed by atoms with Gasteiger partial charge in [0, 0.05) is 17.7 Å². The summed E-state index contributed by atoms with van der Waals surface area (Å²) in [6.07, 6.45) is -0.125. The second-order valence-corrected chi connectivity index (χ2v) is 6.30. The van der Waals surface area contributed by atoms with E-state index in [4.69, 9.17) is 9.47 Å². The molecule has 2 aromatic rings. The van der Waals surface area contributed by atoms with E-state index in [1.54, 1.807) is 42.5 Å². The minimum atomic E-state index is -0.563. The molecular weight excluding hydrogens is 362 g/mol. The van der Waals surface area contributed by atoms with Gasteiger partial charge in [-0.2, -0.15) is 0 Å². The Kier molecular flexibility index (Phi) is 5.54. The number of methoxy groups -OCH3 is 1. The van der Waals surface area contributed by atoms with E-state index in [9.17, 15) is 19.2 Å². The molecule has 144 valence electrons. The quantitative estimate of drug-likeness (QED) is 0.416. The number of amides is 2. The summed E-state index contributed by atoms with van der Waals surface area (Å²) in [6.45, 7) is 1.31. The molecule has 3 rings (SSSR count). The molecule has 0 saturated heterocycles. The highest BCUT2D eigenvalue weighted by molar-refractivity contribution is 6.21. The predicted octanol–water partition coefficient (Wildman–Crippen LogP) is 2.63. The number of benzene rings is 2. The minimum absolute atomic E-state index is 0.0597. The van der Waals surface area contributed by atoms with Crippen LogP contribution in [-0.4, -0.2) is 42.1 Å². The van der Waals surface area contributed by atoms with Crippen LogP contribution in [0.4, 0.5) is 0 Å². The first-order chi connectivity index (χ1) is 13.4. The van der Waals surface area contributed by atoms with Crippen molar-refractivity contribution in [1.29, 1.82) is 0 Å². The zero-order valence-electron chi connectivity index (χ0n) is 15.6. The normalized spacial score (nSPS) is 12.7. The van der Waals surface area contributed by atoms with Gasteiger partial charge in [0.2, 0.25) is 0 Å². The Morgan fingerprint density at radius 3 is 2.21 bits per heavy atom. The van der Waals surface area contributed by atoms with Crippen molar-refractivity contribution in [3.8, 4) is 5.75 Å². The van der Waals surface area contributed by atoms with Gasteiger partial charge in [0.15, 0.2) is 5.78 Å². The maximum atomic E-state index is 12.3. The Labute approximate surface area is 161 Å². The van der Waals surface area contributed by atoms with Crippen molar-refractivity contribution >= 4 is 23.6 Å². The smallest absolute Gasteiger partial charge is 0.307 e. The standard InChI is InChI=1S/C21H19NO6/c1-13(23)14-7-8-18(27-2)15(11-14)12-28-19(24)9-10-22-20(25)16-5-3-4-6-17(16)21(22)26/h3-8,11H,9-10,12H2,1-2H3. The lowest BCUT2D eigenvalue weighted by Crippen LogP contribution is -2.32. The van der Waals surface area contributed by atoms with Gasteiger partial charge in [0.05, 0.1) is 24.7 Å². The molecule has 0 aromatic heterocycles. The molecule has 0 spiro atoms. The molecule has 7 heteroatoms. The number of ether oxygens (including phenoxy) is 2. The van der Waals surface area contributed by atoms with E-state index >= 15 is 0 Å². The highest BCUT2D eigenvalue weighted by Crippen LogP contribution is 2.23. The van der Waals surface area contributed by atoms with Crippen LogP contribution < -0.4 is 4.74 Å². The molecule has 2 aromatic carbocycles. The van der Waals surface area contributed by atoms with Crippen molar-refractivity contribution in [1.82, 2.24) is 4.90 Å². The maximum absolute atomic E-state index is 12.3. The first-order valence-electron chi connectivity index (χ1n) is 8.71. The molecule has 0 radical (unpaired) electrons. The summed E-state index contributed by atoms with van der Waals surface area (Å²) >= 11 is 0. The number of hydrogen-bond acceptors (Lipinski definition) is 6. The number of Topliss-reactive ketones (excluding diaryl/α,β-unsaturated/α-hetero) is 1. The number of nitrogens with zero attached hydrogens (tertiary/aromatic N) is 1. The molecule has 0 unspecified atom stereocenters. The molecule has 28 heavy (non-hydrogen) atoms. The number of rotatable bonds is 7. The van der Waals surface area contributed by atoms with Crippen LogP contribution in [-0.2, 0) is 16.1 Å². The number of hydrogen-bond donors (Lipinski definition) is 0. The largest absolute Gasteiger partial charge is 0.496 e. The third-order valence-electron chi connectivity index (χ3n) is 4.49. The number of carbonyl (C=O) groups excluding carboxylic acids is 4. The topological polar surface area (TPSA) is 90.0 Å². The third kappa shape index (κ3) is 3.78. The van der Waals surface area contributed by atoms with Crippen LogP contribution in [0.1, 0.15) is 50.0 Å². The zero-order valence-corrected chi connectivity index (χ0v) is 15.6. The number of ketones is 1. The highest BCUT2D eigenvalue weighted by Gasteiger charge is 2.35. The van der Waals surface area contributed by atoms with Gasteiger partial charge in [0.1, 0.15) is 12.4 Å². The maximum Gasteiger partial charge on any atom is 0.307 e. The Morgan fingerprint density at radius 2 is 1.64 bits per heavy atom. The van der Waals surface area contributed by atoms with Crippen LogP contribution in [0.2, 0.25) is 0 Å². The molecule has 7 nitrogen and oxygen atoms in total. The van der Waals surface area contributed by atoms with Crippen LogP contribution in [0.15, 0.2) is 42.5 Å². The molecule has 0 atom stereocenters. The fraction of sp³-hybridized carbons (Fsp3) is 0.238. The molecule has 2 amide bonds. The third-order valence-corrected chi connectivity index (χ3v) is 4.49. The van der Waals surface area contributed by atoms with E-state index in [0.717, 1.165) is 4.90 Å². The van der Waals surface area contributed by atoms with E-state index in [-0.39, 0.29) is 25.4 Å². The van der Waals surface area contributed by atoms with Crippen LogP contribution in [0, 0.1) is 0 Å². The molecule has 0 bridgehead atoms. The fourth-order valence-corrected chi connectivity index (χ4v) is 2.99. The van der Waals surface area contributed by atoms with Gasteiger partial charge in [0.25, 0.3) is 11.8 Å². The number of carbonyl (C=O) groups is 4. The molecule has 0 saturated carbocycles. The van der Waals surface area contributed by atoms with Crippen molar-refractivity contribution in [2.24, 2.45) is 0 Å². The summed E-state index contributed by atoms with van der Waals surface area (Å²) in [4.78, 5) is 49.2. The van der Waals surface area contributed by atoms with Gasteiger partial charge < -0.3 is 9.47 Å². The first kappa shape index (κ1) is 19.3. The second kappa shape index (κ2) is 8.04. The number of esters is 1. The molecule has 1 aliphatic rings. The van der Waals surface area contributed by atoms with Crippen LogP contribution in [0.5, 0.6) is 5.75 Å². The van der Waals surface area contributed by atoms with E-state index in [1.165, 1.54) is 14.0 Å². The summed E-state index contributed by atoms with van der Waals surface area (Å²) in [5.41, 5.74) is 1.72. The summed E-state index contributed by atoms with van der Waals surface area (Å²) in [6, 6.07) is 11.4. The van der Waals surface area contributed by atoms with Crippen molar-refractivity contribution in [3.63, 3.8) is 0 Å². The van der Waals surface area contributed by atoms with Gasteiger partial charge in [-0.25, -0.2) is 0 Å². The van der Waals surface area contributed by atoms with E-state index < -0.39 is 17.8 Å². The van der Waals surface area contributed by atoms with Gasteiger partial charge in [-0.3, -0.25) is 24.1 Å². The summed E-state index contributed by atoms with van der Waals surface area (Å²) in [7, 11) is 1.48. The second-order valence-electron chi connectivity index (χ2n) is 6.30. The predicted molar refractivity (Wildman–Crippen MR) is 99.2 cm³/mol. The van der Waals surface area contributed by atoms with Crippen LogP contribution in [0.25, 0.3) is 0 Å². The SMILES string of the molecule is COc1ccc(C(C)=O)cc1COC(=O)CCN1C(=O)c2ccccc2C1=O. The average Bonchev–Trinajstić information content (AvgIpc) is 2.95. The molecule has 0 N–H and O–H groups in total. The summed E-state index contributed by atoms with van der Waals surface area (Å²) in [5, 5.41) is 0. The van der Waals surface area contributed by atoms with Crippen molar-refractivity contribution in [2.75, 3.05) is 13.7 Å². The van der Waals surface area contributed by atoms with Gasteiger partial charge in [-0.15, -0.1) is 0 Å². The van der Waals surface area contributed by atoms with Crippen LogP contribution in [0.3, 0.4) is 0 Å². The zero-order chi connectivity index (χ0) is 20.3. The van der Waals surface area contributed by atoms with Gasteiger partial charge >= 0.3 is 5.97 Å². The molecule has 0 aliphatic carbocycles. The molecule has 1 heterocycles. The van der Waals surface area contributed by atoms with E-state index in [2.05, 4.69) is 0 Å². The average molecular weight is 381 g/mol. The highest BCUT2D eigenvalue weighted by atomic mass is 16.5.